The van der Waals surface area contributed by atoms with Crippen molar-refractivity contribution in [2.45, 2.75) is 13.3 Å². The van der Waals surface area contributed by atoms with Gasteiger partial charge < -0.3 is 4.57 Å². The molecule has 2 aromatic rings. The van der Waals surface area contributed by atoms with E-state index in [2.05, 4.69) is 44.5 Å². The van der Waals surface area contributed by atoms with Gasteiger partial charge in [0.15, 0.2) is 0 Å². The highest BCUT2D eigenvalue weighted by molar-refractivity contribution is 9.11. The Morgan fingerprint density at radius 3 is 2.75 bits per heavy atom. The maximum absolute atomic E-state index is 4.33. The number of imidazole rings is 1. The fourth-order valence-electron chi connectivity index (χ4n) is 1.68. The van der Waals surface area contributed by atoms with E-state index in [4.69, 9.17) is 0 Å². The summed E-state index contributed by atoms with van der Waals surface area (Å²) in [7, 11) is 0. The van der Waals surface area contributed by atoms with E-state index in [1.807, 2.05) is 35.6 Å². The van der Waals surface area contributed by atoms with E-state index in [0.29, 0.717) is 0 Å². The third-order valence-electron chi connectivity index (χ3n) is 2.47. The Labute approximate surface area is 104 Å². The van der Waals surface area contributed by atoms with Gasteiger partial charge in [0.1, 0.15) is 5.82 Å². The molecule has 16 heavy (non-hydrogen) atoms. The van der Waals surface area contributed by atoms with E-state index in [1.165, 1.54) is 5.56 Å². The van der Waals surface area contributed by atoms with Crippen LogP contribution in [-0.2, 0) is 6.42 Å². The van der Waals surface area contributed by atoms with Crippen LogP contribution in [0.15, 0.2) is 47.7 Å². The predicted octanol–water partition coefficient (Wildman–Crippen LogP) is 3.69. The smallest absolute Gasteiger partial charge is 0.112 e. The zero-order chi connectivity index (χ0) is 11.4. The van der Waals surface area contributed by atoms with Crippen LogP contribution in [0.3, 0.4) is 0 Å². The quantitative estimate of drug-likeness (QED) is 0.836. The molecule has 3 heteroatoms. The molecule has 0 amide bonds. The van der Waals surface area contributed by atoms with Gasteiger partial charge >= 0.3 is 0 Å². The van der Waals surface area contributed by atoms with Gasteiger partial charge in [-0.2, -0.15) is 0 Å². The molecule has 0 aliphatic heterocycles. The predicted molar refractivity (Wildman–Crippen MR) is 70.3 cm³/mol. The lowest BCUT2D eigenvalue weighted by atomic mass is 10.2. The first kappa shape index (κ1) is 11.1. The minimum Gasteiger partial charge on any atom is -0.303 e. The second kappa shape index (κ2) is 5.12. The van der Waals surface area contributed by atoms with Gasteiger partial charge in [-0.15, -0.1) is 0 Å². The minimum absolute atomic E-state index is 0.921. The minimum atomic E-state index is 0.921. The SMILES string of the molecule is CCc1nccn1/C(=C\Br)c1ccccc1. The Kier molecular flexibility index (Phi) is 3.57. The number of aryl methyl sites for hydroxylation is 1. The number of benzene rings is 1. The van der Waals surface area contributed by atoms with Gasteiger partial charge in [0.2, 0.25) is 0 Å². The van der Waals surface area contributed by atoms with Crippen LogP contribution >= 0.6 is 15.9 Å². The summed E-state index contributed by atoms with van der Waals surface area (Å²) in [6, 6.07) is 10.3. The number of nitrogens with zero attached hydrogens (tertiary/aromatic N) is 2. The second-order valence-corrected chi connectivity index (χ2v) is 3.89. The molecule has 0 saturated heterocycles. The lowest BCUT2D eigenvalue weighted by molar-refractivity contribution is 0.907. The Balaban J connectivity index is 2.46. The van der Waals surface area contributed by atoms with Crippen LogP contribution in [-0.4, -0.2) is 9.55 Å². The number of rotatable bonds is 3. The van der Waals surface area contributed by atoms with Crippen molar-refractivity contribution in [3.05, 3.63) is 59.1 Å². The summed E-state index contributed by atoms with van der Waals surface area (Å²) in [5.74, 6) is 1.06. The monoisotopic (exact) mass is 276 g/mol. The average molecular weight is 277 g/mol. The van der Waals surface area contributed by atoms with Crippen molar-refractivity contribution in [2.24, 2.45) is 0 Å². The van der Waals surface area contributed by atoms with Gasteiger partial charge in [-0.25, -0.2) is 4.98 Å². The molecule has 2 nitrogen and oxygen atoms in total. The van der Waals surface area contributed by atoms with Gasteiger partial charge in [0.25, 0.3) is 0 Å². The van der Waals surface area contributed by atoms with Crippen molar-refractivity contribution in [3.8, 4) is 0 Å². The first-order chi connectivity index (χ1) is 7.86. The van der Waals surface area contributed by atoms with E-state index in [-0.39, 0.29) is 0 Å². The Bertz CT molecular complexity index is 486. The highest BCUT2D eigenvalue weighted by atomic mass is 79.9. The van der Waals surface area contributed by atoms with Crippen molar-refractivity contribution in [1.82, 2.24) is 9.55 Å². The van der Waals surface area contributed by atoms with Crippen LogP contribution in [0, 0.1) is 0 Å². The molecule has 82 valence electrons. The number of hydrogen-bond acceptors (Lipinski definition) is 1. The van der Waals surface area contributed by atoms with Gasteiger partial charge in [0, 0.05) is 23.8 Å². The fraction of sp³-hybridized carbons (Fsp3) is 0.154. The molecule has 0 radical (unpaired) electrons. The Morgan fingerprint density at radius 1 is 1.38 bits per heavy atom. The lowest BCUT2D eigenvalue weighted by Crippen LogP contribution is -2.02. The normalized spacial score (nSPS) is 11.8. The average Bonchev–Trinajstić information content (AvgIpc) is 2.80. The van der Waals surface area contributed by atoms with E-state index in [0.717, 1.165) is 17.9 Å². The zero-order valence-corrected chi connectivity index (χ0v) is 10.7. The molecule has 2 rings (SSSR count). The third-order valence-corrected chi connectivity index (χ3v) is 2.90. The van der Waals surface area contributed by atoms with Crippen molar-refractivity contribution in [3.63, 3.8) is 0 Å². The number of halogens is 1. The van der Waals surface area contributed by atoms with E-state index >= 15 is 0 Å². The molecule has 0 aliphatic rings. The summed E-state index contributed by atoms with van der Waals surface area (Å²) >= 11 is 3.43. The standard InChI is InChI=1S/C13H13BrN2/c1-2-13-15-8-9-16(13)12(10-14)11-6-4-3-5-7-11/h3-10H,2H2,1H3/b12-10-. The lowest BCUT2D eigenvalue weighted by Gasteiger charge is -2.10. The zero-order valence-electron chi connectivity index (χ0n) is 9.10. The Morgan fingerprint density at radius 2 is 2.12 bits per heavy atom. The molecule has 0 atom stereocenters. The van der Waals surface area contributed by atoms with Crippen LogP contribution in [0.25, 0.3) is 5.70 Å². The first-order valence-electron chi connectivity index (χ1n) is 5.25. The molecular weight excluding hydrogens is 264 g/mol. The molecule has 1 heterocycles. The molecule has 1 aromatic heterocycles. The van der Waals surface area contributed by atoms with Gasteiger partial charge in [-0.3, -0.25) is 0 Å². The van der Waals surface area contributed by atoms with Crippen LogP contribution in [0.4, 0.5) is 0 Å². The van der Waals surface area contributed by atoms with Crippen LogP contribution < -0.4 is 0 Å². The highest BCUT2D eigenvalue weighted by Gasteiger charge is 2.07. The summed E-state index contributed by atoms with van der Waals surface area (Å²) in [4.78, 5) is 6.26. The van der Waals surface area contributed by atoms with E-state index in [9.17, 15) is 0 Å². The van der Waals surface area contributed by atoms with Gasteiger partial charge in [0.05, 0.1) is 5.70 Å². The largest absolute Gasteiger partial charge is 0.303 e. The molecule has 1 aromatic carbocycles. The fourth-order valence-corrected chi connectivity index (χ4v) is 2.16. The second-order valence-electron chi connectivity index (χ2n) is 3.43. The molecule has 0 unspecified atom stereocenters. The summed E-state index contributed by atoms with van der Waals surface area (Å²) in [5, 5.41) is 0. The molecule has 0 N–H and O–H groups in total. The summed E-state index contributed by atoms with van der Waals surface area (Å²) < 4.78 is 2.10. The summed E-state index contributed by atoms with van der Waals surface area (Å²) in [5.41, 5.74) is 2.28. The van der Waals surface area contributed by atoms with Gasteiger partial charge in [-0.05, 0) is 5.56 Å². The maximum Gasteiger partial charge on any atom is 0.112 e. The van der Waals surface area contributed by atoms with E-state index in [1.54, 1.807) is 0 Å². The molecule has 0 spiro atoms. The van der Waals surface area contributed by atoms with Crippen LogP contribution in [0.1, 0.15) is 18.3 Å². The van der Waals surface area contributed by atoms with E-state index < -0.39 is 0 Å². The topological polar surface area (TPSA) is 17.8 Å². The maximum atomic E-state index is 4.33. The summed E-state index contributed by atoms with van der Waals surface area (Å²) in [6.45, 7) is 2.11. The number of hydrogen-bond donors (Lipinski definition) is 0. The first-order valence-corrected chi connectivity index (χ1v) is 6.16. The highest BCUT2D eigenvalue weighted by Crippen LogP contribution is 2.20. The van der Waals surface area contributed by atoms with Crippen LogP contribution in [0.2, 0.25) is 0 Å². The summed E-state index contributed by atoms with van der Waals surface area (Å²) in [6.07, 6.45) is 4.74. The molecule has 0 fully saturated rings. The third kappa shape index (κ3) is 2.09. The Hall–Kier alpha value is -1.35. The van der Waals surface area contributed by atoms with Crippen molar-refractivity contribution >= 4 is 21.6 Å². The van der Waals surface area contributed by atoms with Crippen LogP contribution in [0.5, 0.6) is 0 Å². The molecule has 0 bridgehead atoms. The van der Waals surface area contributed by atoms with Crippen molar-refractivity contribution in [1.29, 1.82) is 0 Å². The number of aromatic nitrogens is 2. The molecule has 0 aliphatic carbocycles. The molecule has 0 saturated carbocycles. The van der Waals surface area contributed by atoms with Crippen molar-refractivity contribution in [2.75, 3.05) is 0 Å². The molecular formula is C13H13BrN2. The van der Waals surface area contributed by atoms with Crippen molar-refractivity contribution < 1.29 is 0 Å². The van der Waals surface area contributed by atoms with Gasteiger partial charge in [-0.1, -0.05) is 53.2 Å².